The van der Waals surface area contributed by atoms with E-state index in [2.05, 4.69) is 42.8 Å². The molecule has 3 heteroatoms. The molecule has 0 amide bonds. The molecule has 0 aliphatic heterocycles. The molecule has 1 aromatic heterocycles. The minimum Gasteiger partial charge on any atom is -0.326 e. The molecule has 2 N–H and O–H groups in total. The molecular formula is C16H27N3. The summed E-state index contributed by atoms with van der Waals surface area (Å²) in [7, 11) is 0. The summed E-state index contributed by atoms with van der Waals surface area (Å²) >= 11 is 0. The van der Waals surface area contributed by atoms with Crippen molar-refractivity contribution in [1.29, 1.82) is 0 Å². The van der Waals surface area contributed by atoms with Crippen LogP contribution in [-0.4, -0.2) is 28.5 Å². The molecule has 1 aliphatic rings. The molecular weight excluding hydrogens is 234 g/mol. The Hall–Kier alpha value is -0.930. The number of likely N-dealkylation sites (N-methyl/N-ethyl adjacent to an activating group) is 1. The number of pyridine rings is 1. The zero-order chi connectivity index (χ0) is 13.9. The average molecular weight is 261 g/mol. The van der Waals surface area contributed by atoms with E-state index in [1.165, 1.54) is 18.4 Å². The maximum Gasteiger partial charge on any atom is 0.0271 e. The van der Waals surface area contributed by atoms with Crippen molar-refractivity contribution in [2.24, 2.45) is 11.1 Å². The van der Waals surface area contributed by atoms with Crippen molar-refractivity contribution in [3.05, 3.63) is 30.1 Å². The summed E-state index contributed by atoms with van der Waals surface area (Å²) in [5, 5.41) is 0. The highest BCUT2D eigenvalue weighted by molar-refractivity contribution is 5.10. The van der Waals surface area contributed by atoms with Crippen LogP contribution in [0.15, 0.2) is 24.5 Å². The van der Waals surface area contributed by atoms with E-state index in [0.29, 0.717) is 17.5 Å². The fourth-order valence-electron chi connectivity index (χ4n) is 3.16. The number of nitrogens with zero attached hydrogens (tertiary/aromatic N) is 2. The summed E-state index contributed by atoms with van der Waals surface area (Å²) in [6.45, 7) is 9.00. The number of hydrogen-bond donors (Lipinski definition) is 1. The van der Waals surface area contributed by atoms with Crippen LogP contribution in [-0.2, 0) is 6.54 Å². The van der Waals surface area contributed by atoms with E-state index in [1.54, 1.807) is 0 Å². The predicted octanol–water partition coefficient (Wildman–Crippen LogP) is 2.81. The summed E-state index contributed by atoms with van der Waals surface area (Å²) in [6.07, 6.45) is 7.33. The lowest BCUT2D eigenvalue weighted by Crippen LogP contribution is -2.52. The molecule has 1 aromatic rings. The van der Waals surface area contributed by atoms with Crippen LogP contribution in [0.1, 0.15) is 45.6 Å². The first kappa shape index (κ1) is 14.5. The first-order valence-corrected chi connectivity index (χ1v) is 7.40. The third-order valence-corrected chi connectivity index (χ3v) is 4.42. The molecule has 0 bridgehead atoms. The quantitative estimate of drug-likeness (QED) is 0.906. The van der Waals surface area contributed by atoms with Gasteiger partial charge in [-0.1, -0.05) is 20.8 Å². The van der Waals surface area contributed by atoms with Crippen molar-refractivity contribution < 1.29 is 0 Å². The topological polar surface area (TPSA) is 42.2 Å². The van der Waals surface area contributed by atoms with Crippen molar-refractivity contribution in [3.63, 3.8) is 0 Å². The molecule has 0 radical (unpaired) electrons. The lowest BCUT2D eigenvalue weighted by molar-refractivity contribution is 0.0762. The highest BCUT2D eigenvalue weighted by Gasteiger charge is 2.35. The second kappa shape index (κ2) is 6.02. The van der Waals surface area contributed by atoms with Crippen LogP contribution < -0.4 is 5.73 Å². The maximum absolute atomic E-state index is 6.38. The molecule has 2 rings (SSSR count). The van der Waals surface area contributed by atoms with Crippen molar-refractivity contribution >= 4 is 0 Å². The zero-order valence-electron chi connectivity index (χ0n) is 12.5. The molecule has 1 aliphatic carbocycles. The fraction of sp³-hybridized carbons (Fsp3) is 0.688. The van der Waals surface area contributed by atoms with Crippen LogP contribution in [0, 0.1) is 5.41 Å². The Morgan fingerprint density at radius 3 is 2.68 bits per heavy atom. The van der Waals surface area contributed by atoms with E-state index in [4.69, 9.17) is 5.73 Å². The first-order chi connectivity index (χ1) is 9.02. The summed E-state index contributed by atoms with van der Waals surface area (Å²) in [5.74, 6) is 0. The molecule has 1 saturated carbocycles. The Balaban J connectivity index is 2.07. The average Bonchev–Trinajstić information content (AvgIpc) is 2.40. The third-order valence-electron chi connectivity index (χ3n) is 4.42. The van der Waals surface area contributed by atoms with Gasteiger partial charge in [-0.05, 0) is 48.9 Å². The summed E-state index contributed by atoms with van der Waals surface area (Å²) < 4.78 is 0. The normalized spacial score (nSPS) is 26.6. The maximum atomic E-state index is 6.38. The molecule has 0 aromatic carbocycles. The van der Waals surface area contributed by atoms with Crippen LogP contribution in [0.4, 0.5) is 0 Å². The molecule has 106 valence electrons. The number of nitrogens with two attached hydrogens (primary N) is 1. The van der Waals surface area contributed by atoms with Gasteiger partial charge in [0.1, 0.15) is 0 Å². The molecule has 0 spiro atoms. The minimum atomic E-state index is 0.315. The number of aromatic nitrogens is 1. The molecule has 0 saturated heterocycles. The smallest absolute Gasteiger partial charge is 0.0271 e. The minimum absolute atomic E-state index is 0.315. The van der Waals surface area contributed by atoms with E-state index in [1.807, 2.05) is 12.4 Å². The van der Waals surface area contributed by atoms with E-state index in [-0.39, 0.29) is 0 Å². The zero-order valence-corrected chi connectivity index (χ0v) is 12.5. The van der Waals surface area contributed by atoms with Gasteiger partial charge in [0.2, 0.25) is 0 Å². The van der Waals surface area contributed by atoms with Gasteiger partial charge in [-0.3, -0.25) is 9.88 Å². The van der Waals surface area contributed by atoms with E-state index in [0.717, 1.165) is 19.5 Å². The highest BCUT2D eigenvalue weighted by atomic mass is 15.2. The molecule has 2 unspecified atom stereocenters. The standard InChI is InChI=1S/C16H27N3/c1-4-19(12-13-6-9-18-10-7-13)15-11-16(2,3)8-5-14(15)17/h6-7,9-10,14-15H,4-5,8,11-12,17H2,1-3H3. The fourth-order valence-corrected chi connectivity index (χ4v) is 3.16. The number of rotatable bonds is 4. The Kier molecular flexibility index (Phi) is 4.58. The van der Waals surface area contributed by atoms with Gasteiger partial charge in [-0.15, -0.1) is 0 Å². The van der Waals surface area contributed by atoms with Gasteiger partial charge >= 0.3 is 0 Å². The summed E-state index contributed by atoms with van der Waals surface area (Å²) in [6, 6.07) is 5.02. The monoisotopic (exact) mass is 261 g/mol. The van der Waals surface area contributed by atoms with E-state index in [9.17, 15) is 0 Å². The largest absolute Gasteiger partial charge is 0.326 e. The van der Waals surface area contributed by atoms with Gasteiger partial charge < -0.3 is 5.73 Å². The van der Waals surface area contributed by atoms with Crippen molar-refractivity contribution in [1.82, 2.24) is 9.88 Å². The predicted molar refractivity (Wildman–Crippen MR) is 79.7 cm³/mol. The van der Waals surface area contributed by atoms with Crippen LogP contribution in [0.3, 0.4) is 0 Å². The second-order valence-corrected chi connectivity index (χ2v) is 6.56. The van der Waals surface area contributed by atoms with Crippen LogP contribution in [0.25, 0.3) is 0 Å². The van der Waals surface area contributed by atoms with Crippen LogP contribution in [0.2, 0.25) is 0 Å². The Morgan fingerprint density at radius 2 is 2.05 bits per heavy atom. The van der Waals surface area contributed by atoms with Crippen LogP contribution >= 0.6 is 0 Å². The van der Waals surface area contributed by atoms with E-state index < -0.39 is 0 Å². The molecule has 19 heavy (non-hydrogen) atoms. The summed E-state index contributed by atoms with van der Waals surface area (Å²) in [5.41, 5.74) is 8.13. The summed E-state index contributed by atoms with van der Waals surface area (Å²) in [4.78, 5) is 6.61. The molecule has 1 heterocycles. The van der Waals surface area contributed by atoms with Gasteiger partial charge in [-0.25, -0.2) is 0 Å². The lowest BCUT2D eigenvalue weighted by Gasteiger charge is -2.44. The molecule has 2 atom stereocenters. The second-order valence-electron chi connectivity index (χ2n) is 6.56. The molecule has 3 nitrogen and oxygen atoms in total. The molecule has 1 fully saturated rings. The van der Waals surface area contributed by atoms with Gasteiger partial charge in [0.25, 0.3) is 0 Å². The first-order valence-electron chi connectivity index (χ1n) is 7.40. The van der Waals surface area contributed by atoms with Gasteiger partial charge in [0, 0.05) is 31.0 Å². The lowest BCUT2D eigenvalue weighted by atomic mass is 9.72. The van der Waals surface area contributed by atoms with Gasteiger partial charge in [0.15, 0.2) is 0 Å². The highest BCUT2D eigenvalue weighted by Crippen LogP contribution is 2.37. The van der Waals surface area contributed by atoms with E-state index >= 15 is 0 Å². The van der Waals surface area contributed by atoms with Crippen molar-refractivity contribution in [3.8, 4) is 0 Å². The third kappa shape index (κ3) is 3.77. The van der Waals surface area contributed by atoms with Crippen molar-refractivity contribution in [2.75, 3.05) is 6.54 Å². The SMILES string of the molecule is CCN(Cc1ccncc1)C1CC(C)(C)CCC1N. The van der Waals surface area contributed by atoms with Gasteiger partial charge in [-0.2, -0.15) is 0 Å². The number of hydrogen-bond acceptors (Lipinski definition) is 3. The van der Waals surface area contributed by atoms with Crippen molar-refractivity contribution in [2.45, 2.75) is 58.7 Å². The van der Waals surface area contributed by atoms with Gasteiger partial charge in [0.05, 0.1) is 0 Å². The Morgan fingerprint density at radius 1 is 1.37 bits per heavy atom. The Bertz CT molecular complexity index is 388. The van der Waals surface area contributed by atoms with Crippen LogP contribution in [0.5, 0.6) is 0 Å². The Labute approximate surface area is 117 Å².